The molecule has 6 nitrogen and oxygen atoms in total. The largest absolute Gasteiger partial charge is 0.469 e. The first-order valence-corrected chi connectivity index (χ1v) is 8.75. The minimum atomic E-state index is -3.26. The first kappa shape index (κ1) is 16.9. The van der Waals surface area contributed by atoms with E-state index in [0.717, 1.165) is 19.3 Å². The minimum absolute atomic E-state index is 0.115. The third-order valence-electron chi connectivity index (χ3n) is 3.46. The quantitative estimate of drug-likeness (QED) is 0.555. The molecule has 0 bridgehead atoms. The van der Waals surface area contributed by atoms with Crippen LogP contribution in [-0.2, 0) is 24.2 Å². The van der Waals surface area contributed by atoms with Crippen LogP contribution in [0.25, 0.3) is 0 Å². The summed E-state index contributed by atoms with van der Waals surface area (Å²) in [4.78, 5) is 22.7. The zero-order valence-electron chi connectivity index (χ0n) is 11.9. The molecule has 0 aromatic rings. The number of rotatable bonds is 7. The van der Waals surface area contributed by atoms with Crippen LogP contribution < -0.4 is 5.32 Å². The van der Waals surface area contributed by atoms with Crippen molar-refractivity contribution in [3.63, 3.8) is 0 Å². The molecule has 1 saturated heterocycles. The topological polar surface area (TPSA) is 89.5 Å². The minimum Gasteiger partial charge on any atom is -0.469 e. The van der Waals surface area contributed by atoms with Crippen LogP contribution in [0.5, 0.6) is 0 Å². The highest BCUT2D eigenvalue weighted by atomic mass is 32.2. The summed E-state index contributed by atoms with van der Waals surface area (Å²) in [5.41, 5.74) is 0. The van der Waals surface area contributed by atoms with E-state index in [4.69, 9.17) is 0 Å². The molecular formula is C13H23NO5S. The fraction of sp³-hybridized carbons (Fsp3) is 0.846. The smallest absolute Gasteiger partial charge is 0.305 e. The van der Waals surface area contributed by atoms with Gasteiger partial charge in [0.1, 0.15) is 5.25 Å². The van der Waals surface area contributed by atoms with Crippen LogP contribution in [0.4, 0.5) is 0 Å². The summed E-state index contributed by atoms with van der Waals surface area (Å²) in [6.45, 7) is 0.450. The molecule has 1 aliphatic heterocycles. The molecule has 0 aliphatic carbocycles. The van der Waals surface area contributed by atoms with Crippen LogP contribution in [-0.4, -0.2) is 45.0 Å². The van der Waals surface area contributed by atoms with Crippen molar-refractivity contribution in [3.8, 4) is 0 Å². The molecular weight excluding hydrogens is 282 g/mol. The fourth-order valence-electron chi connectivity index (χ4n) is 2.25. The lowest BCUT2D eigenvalue weighted by atomic mass is 10.1. The van der Waals surface area contributed by atoms with E-state index in [1.54, 1.807) is 0 Å². The number of amides is 1. The van der Waals surface area contributed by atoms with E-state index in [9.17, 15) is 18.0 Å². The Bertz CT molecular complexity index is 432. The number of unbranched alkanes of at least 4 members (excludes halogenated alkanes) is 2. The van der Waals surface area contributed by atoms with Gasteiger partial charge in [-0.1, -0.05) is 12.8 Å². The van der Waals surface area contributed by atoms with E-state index in [2.05, 4.69) is 10.1 Å². The second-order valence-electron chi connectivity index (χ2n) is 5.03. The van der Waals surface area contributed by atoms with Crippen LogP contribution in [0.2, 0.25) is 0 Å². The van der Waals surface area contributed by atoms with Crippen molar-refractivity contribution >= 4 is 21.7 Å². The van der Waals surface area contributed by atoms with Crippen molar-refractivity contribution in [1.29, 1.82) is 0 Å². The van der Waals surface area contributed by atoms with Gasteiger partial charge in [0.15, 0.2) is 9.84 Å². The lowest BCUT2D eigenvalue weighted by Gasteiger charge is -2.21. The summed E-state index contributed by atoms with van der Waals surface area (Å²) in [6.07, 6.45) is 4.49. The molecule has 0 radical (unpaired) electrons. The molecule has 1 rings (SSSR count). The lowest BCUT2D eigenvalue weighted by Crippen LogP contribution is -2.43. The maximum Gasteiger partial charge on any atom is 0.305 e. The average Bonchev–Trinajstić information content (AvgIpc) is 2.41. The number of ether oxygens (including phenoxy) is 1. The Morgan fingerprint density at radius 2 is 1.95 bits per heavy atom. The highest BCUT2D eigenvalue weighted by Gasteiger charge is 2.34. The number of carbonyl (C=O) groups is 2. The fourth-order valence-corrected chi connectivity index (χ4v) is 4.07. The zero-order chi connectivity index (χ0) is 15.0. The van der Waals surface area contributed by atoms with Gasteiger partial charge < -0.3 is 10.1 Å². The summed E-state index contributed by atoms with van der Waals surface area (Å²) >= 11 is 0. The summed E-state index contributed by atoms with van der Waals surface area (Å²) in [6, 6.07) is 0. The van der Waals surface area contributed by atoms with Crippen LogP contribution >= 0.6 is 0 Å². The predicted molar refractivity (Wildman–Crippen MR) is 74.9 cm³/mol. The molecule has 0 aromatic heterocycles. The Balaban J connectivity index is 2.18. The third kappa shape index (κ3) is 5.48. The molecule has 0 aromatic carbocycles. The lowest BCUT2D eigenvalue weighted by molar-refractivity contribution is -0.140. The van der Waals surface area contributed by atoms with Gasteiger partial charge in [0, 0.05) is 13.0 Å². The molecule has 7 heteroatoms. The number of hydrogen-bond acceptors (Lipinski definition) is 5. The summed E-state index contributed by atoms with van der Waals surface area (Å²) in [5.74, 6) is -0.496. The first-order chi connectivity index (χ1) is 9.47. The Hall–Kier alpha value is -1.11. The van der Waals surface area contributed by atoms with Gasteiger partial charge in [0.2, 0.25) is 5.91 Å². The number of esters is 1. The molecule has 0 saturated carbocycles. The van der Waals surface area contributed by atoms with Crippen molar-refractivity contribution in [2.24, 2.45) is 0 Å². The number of sulfone groups is 1. The zero-order valence-corrected chi connectivity index (χ0v) is 12.7. The Kier molecular flexibility index (Phi) is 6.98. The Labute approximate surface area is 120 Å². The Morgan fingerprint density at radius 1 is 1.20 bits per heavy atom. The molecule has 1 N–H and O–H groups in total. The van der Waals surface area contributed by atoms with Crippen LogP contribution in [0.1, 0.15) is 44.9 Å². The standard InChI is InChI=1S/C13H23NO5S/c1-19-12(15)8-3-2-5-9-14-13(16)11-7-4-6-10-20(11,17)18/h11H,2-10H2,1H3,(H,14,16). The monoisotopic (exact) mass is 305 g/mol. The Morgan fingerprint density at radius 3 is 2.60 bits per heavy atom. The number of hydrogen-bond donors (Lipinski definition) is 1. The normalized spacial score (nSPS) is 21.1. The van der Waals surface area contributed by atoms with Gasteiger partial charge in [0.05, 0.1) is 12.9 Å². The van der Waals surface area contributed by atoms with Gasteiger partial charge in [-0.15, -0.1) is 0 Å². The van der Waals surface area contributed by atoms with Gasteiger partial charge in [-0.3, -0.25) is 9.59 Å². The molecule has 1 atom stereocenters. The van der Waals surface area contributed by atoms with Crippen molar-refractivity contribution in [1.82, 2.24) is 5.32 Å². The van der Waals surface area contributed by atoms with Gasteiger partial charge in [-0.2, -0.15) is 0 Å². The van der Waals surface area contributed by atoms with E-state index in [-0.39, 0.29) is 17.6 Å². The van der Waals surface area contributed by atoms with Gasteiger partial charge in [0.25, 0.3) is 0 Å². The van der Waals surface area contributed by atoms with E-state index in [0.29, 0.717) is 32.2 Å². The highest BCUT2D eigenvalue weighted by Crippen LogP contribution is 2.19. The second kappa shape index (κ2) is 8.24. The van der Waals surface area contributed by atoms with Crippen molar-refractivity contribution in [3.05, 3.63) is 0 Å². The van der Waals surface area contributed by atoms with Crippen LogP contribution in [0.3, 0.4) is 0 Å². The van der Waals surface area contributed by atoms with Crippen LogP contribution in [0, 0.1) is 0 Å². The summed E-state index contributed by atoms with van der Waals surface area (Å²) < 4.78 is 28.0. The van der Waals surface area contributed by atoms with E-state index in [1.807, 2.05) is 0 Å². The van der Waals surface area contributed by atoms with Gasteiger partial charge in [-0.05, 0) is 25.7 Å². The second-order valence-corrected chi connectivity index (χ2v) is 7.33. The number of nitrogens with one attached hydrogen (secondary N) is 1. The maximum atomic E-state index is 11.8. The van der Waals surface area contributed by atoms with E-state index >= 15 is 0 Å². The summed E-state index contributed by atoms with van der Waals surface area (Å²) in [7, 11) is -1.90. The van der Waals surface area contributed by atoms with E-state index in [1.165, 1.54) is 7.11 Å². The molecule has 1 aliphatic rings. The first-order valence-electron chi connectivity index (χ1n) is 7.03. The van der Waals surface area contributed by atoms with Crippen LogP contribution in [0.15, 0.2) is 0 Å². The summed E-state index contributed by atoms with van der Waals surface area (Å²) in [5, 5.41) is 1.81. The molecule has 0 spiro atoms. The SMILES string of the molecule is COC(=O)CCCCCNC(=O)C1CCCCS1(=O)=O. The molecule has 1 amide bonds. The van der Waals surface area contributed by atoms with Gasteiger partial charge >= 0.3 is 5.97 Å². The van der Waals surface area contributed by atoms with Crippen molar-refractivity contribution in [2.45, 2.75) is 50.2 Å². The molecule has 1 unspecified atom stereocenters. The third-order valence-corrected chi connectivity index (χ3v) is 5.63. The molecule has 1 fully saturated rings. The van der Waals surface area contributed by atoms with E-state index < -0.39 is 15.1 Å². The number of methoxy groups -OCH3 is 1. The predicted octanol–water partition coefficient (Wildman–Crippen LogP) is 0.803. The average molecular weight is 305 g/mol. The highest BCUT2D eigenvalue weighted by molar-refractivity contribution is 7.92. The molecule has 1 heterocycles. The van der Waals surface area contributed by atoms with Gasteiger partial charge in [-0.25, -0.2) is 8.42 Å². The molecule has 20 heavy (non-hydrogen) atoms. The molecule has 116 valence electrons. The van der Waals surface area contributed by atoms with Crippen molar-refractivity contribution in [2.75, 3.05) is 19.4 Å². The number of carbonyl (C=O) groups excluding carboxylic acids is 2. The maximum absolute atomic E-state index is 11.8. The van der Waals surface area contributed by atoms with Crippen molar-refractivity contribution < 1.29 is 22.7 Å².